The van der Waals surface area contributed by atoms with E-state index >= 15 is 0 Å². The number of benzene rings is 2. The number of hydrogen-bond donors (Lipinski definition) is 1. The van der Waals surface area contributed by atoms with Crippen LogP contribution in [0.3, 0.4) is 0 Å². The third-order valence-electron chi connectivity index (χ3n) is 3.86. The lowest BCUT2D eigenvalue weighted by atomic mass is 9.98. The largest absolute Gasteiger partial charge is 0.462 e. The molecule has 4 heteroatoms. The first-order valence-electron chi connectivity index (χ1n) is 7.83. The maximum Gasteiger partial charge on any atom is 0.340 e. The Labute approximate surface area is 146 Å². The predicted octanol–water partition coefficient (Wildman–Crippen LogP) is 5.49. The molecule has 1 heterocycles. The van der Waals surface area contributed by atoms with Gasteiger partial charge in [-0.05, 0) is 37.1 Å². The van der Waals surface area contributed by atoms with E-state index in [0.29, 0.717) is 17.2 Å². The number of esters is 1. The normalized spacial score (nSPS) is 10.6. The van der Waals surface area contributed by atoms with Crippen LogP contribution in [0.2, 0.25) is 5.02 Å². The molecule has 0 aliphatic heterocycles. The van der Waals surface area contributed by atoms with Gasteiger partial charge < -0.3 is 9.72 Å². The number of hydrogen-bond acceptors (Lipinski definition) is 2. The highest BCUT2D eigenvalue weighted by atomic mass is 35.5. The number of aromatic amines is 1. The number of aromatic nitrogens is 1. The molecule has 122 valence electrons. The second-order valence-corrected chi connectivity index (χ2v) is 5.90. The molecule has 3 nitrogen and oxygen atoms in total. The average Bonchev–Trinajstić information content (AvgIpc) is 2.94. The molecule has 1 aromatic heterocycles. The second-order valence-electron chi connectivity index (χ2n) is 5.47. The third-order valence-corrected chi connectivity index (χ3v) is 4.11. The molecule has 0 amide bonds. The van der Waals surface area contributed by atoms with E-state index in [4.69, 9.17) is 16.3 Å². The lowest BCUT2D eigenvalue weighted by molar-refractivity contribution is 0.0528. The van der Waals surface area contributed by atoms with E-state index in [1.54, 1.807) is 0 Å². The fraction of sp³-hybridized carbons (Fsp3) is 0.150. The van der Waals surface area contributed by atoms with E-state index in [9.17, 15) is 4.79 Å². The summed E-state index contributed by atoms with van der Waals surface area (Å²) in [6, 6.07) is 17.3. The van der Waals surface area contributed by atoms with Gasteiger partial charge >= 0.3 is 5.97 Å². The topological polar surface area (TPSA) is 42.1 Å². The van der Waals surface area contributed by atoms with Gasteiger partial charge in [0.15, 0.2) is 0 Å². The Bertz CT molecular complexity index is 851. The fourth-order valence-electron chi connectivity index (χ4n) is 2.83. The highest BCUT2D eigenvalue weighted by Gasteiger charge is 2.24. The molecule has 1 N–H and O–H groups in total. The minimum atomic E-state index is -0.328. The summed E-state index contributed by atoms with van der Waals surface area (Å²) in [4.78, 5) is 16.0. The van der Waals surface area contributed by atoms with Crippen LogP contribution in [0, 0.1) is 6.92 Å². The highest BCUT2D eigenvalue weighted by Crippen LogP contribution is 2.36. The number of nitrogens with one attached hydrogen (secondary N) is 1. The average molecular weight is 340 g/mol. The number of carbonyl (C=O) groups is 1. The molecule has 2 aromatic carbocycles. The van der Waals surface area contributed by atoms with E-state index in [1.807, 2.05) is 68.4 Å². The van der Waals surface area contributed by atoms with Gasteiger partial charge in [0.05, 0.1) is 17.9 Å². The molecule has 24 heavy (non-hydrogen) atoms. The number of H-pyrrole nitrogens is 1. The van der Waals surface area contributed by atoms with Crippen LogP contribution in [0.15, 0.2) is 54.6 Å². The monoisotopic (exact) mass is 339 g/mol. The van der Waals surface area contributed by atoms with Gasteiger partial charge in [-0.2, -0.15) is 0 Å². The van der Waals surface area contributed by atoms with Gasteiger partial charge in [0.25, 0.3) is 0 Å². The van der Waals surface area contributed by atoms with Crippen LogP contribution >= 0.6 is 11.6 Å². The Hall–Kier alpha value is -2.52. The number of carbonyl (C=O) groups excluding carboxylic acids is 1. The molecule has 0 aliphatic rings. The predicted molar refractivity (Wildman–Crippen MR) is 97.4 cm³/mol. The summed E-state index contributed by atoms with van der Waals surface area (Å²) in [7, 11) is 0. The van der Waals surface area contributed by atoms with Gasteiger partial charge in [0.2, 0.25) is 0 Å². The van der Waals surface area contributed by atoms with Crippen LogP contribution in [-0.4, -0.2) is 17.6 Å². The molecule has 0 fully saturated rings. The molecular weight excluding hydrogens is 322 g/mol. The first-order valence-corrected chi connectivity index (χ1v) is 8.20. The Balaban J connectivity index is 2.23. The van der Waals surface area contributed by atoms with E-state index in [2.05, 4.69) is 4.98 Å². The minimum Gasteiger partial charge on any atom is -0.462 e. The molecule has 0 unspecified atom stereocenters. The molecule has 0 radical (unpaired) electrons. The Morgan fingerprint density at radius 3 is 2.33 bits per heavy atom. The number of ether oxygens (including phenoxy) is 1. The molecule has 0 bridgehead atoms. The zero-order chi connectivity index (χ0) is 17.1. The molecule has 0 spiro atoms. The lowest BCUT2D eigenvalue weighted by Gasteiger charge is -2.08. The summed E-state index contributed by atoms with van der Waals surface area (Å²) in [6.45, 7) is 4.10. The summed E-state index contributed by atoms with van der Waals surface area (Å²) in [5, 5.41) is 0.656. The molecule has 0 saturated carbocycles. The quantitative estimate of drug-likeness (QED) is 0.639. The SMILES string of the molecule is CCOC(=O)c1c(-c2ccc(Cl)cc2)[nH]c(C)c1-c1ccccc1. The molecule has 0 aliphatic carbocycles. The van der Waals surface area contributed by atoms with Crippen molar-refractivity contribution in [3.63, 3.8) is 0 Å². The highest BCUT2D eigenvalue weighted by molar-refractivity contribution is 6.30. The summed E-state index contributed by atoms with van der Waals surface area (Å²) in [5.41, 5.74) is 4.99. The van der Waals surface area contributed by atoms with Gasteiger partial charge in [0.1, 0.15) is 0 Å². The van der Waals surface area contributed by atoms with Crippen LogP contribution in [0.25, 0.3) is 22.4 Å². The van der Waals surface area contributed by atoms with E-state index < -0.39 is 0 Å². The molecule has 3 rings (SSSR count). The van der Waals surface area contributed by atoms with Gasteiger partial charge in [-0.3, -0.25) is 0 Å². The number of aryl methyl sites for hydroxylation is 1. The van der Waals surface area contributed by atoms with Crippen LogP contribution in [0.4, 0.5) is 0 Å². The third kappa shape index (κ3) is 3.08. The van der Waals surface area contributed by atoms with Crippen molar-refractivity contribution in [2.24, 2.45) is 0 Å². The summed E-state index contributed by atoms with van der Waals surface area (Å²) in [6.07, 6.45) is 0. The maximum absolute atomic E-state index is 12.6. The smallest absolute Gasteiger partial charge is 0.340 e. The van der Waals surface area contributed by atoms with E-state index in [1.165, 1.54) is 0 Å². The minimum absolute atomic E-state index is 0.328. The van der Waals surface area contributed by atoms with Crippen molar-refractivity contribution in [1.29, 1.82) is 0 Å². The first kappa shape index (κ1) is 16.3. The van der Waals surface area contributed by atoms with Crippen molar-refractivity contribution in [2.45, 2.75) is 13.8 Å². The van der Waals surface area contributed by atoms with Crippen molar-refractivity contribution in [3.05, 3.63) is 70.9 Å². The van der Waals surface area contributed by atoms with Gasteiger partial charge in [0, 0.05) is 16.3 Å². The Morgan fingerprint density at radius 2 is 1.71 bits per heavy atom. The van der Waals surface area contributed by atoms with Gasteiger partial charge in [-0.25, -0.2) is 4.79 Å². The van der Waals surface area contributed by atoms with Crippen LogP contribution in [0.1, 0.15) is 23.0 Å². The first-order chi connectivity index (χ1) is 11.6. The van der Waals surface area contributed by atoms with Crippen LogP contribution < -0.4 is 0 Å². The molecule has 3 aromatic rings. The number of halogens is 1. The zero-order valence-corrected chi connectivity index (χ0v) is 14.4. The van der Waals surface area contributed by atoms with Crippen molar-refractivity contribution < 1.29 is 9.53 Å². The van der Waals surface area contributed by atoms with Crippen molar-refractivity contribution in [1.82, 2.24) is 4.98 Å². The Morgan fingerprint density at radius 1 is 1.04 bits per heavy atom. The van der Waals surface area contributed by atoms with Crippen molar-refractivity contribution in [3.8, 4) is 22.4 Å². The standard InChI is InChI=1S/C20H18ClNO2/c1-3-24-20(23)18-17(14-7-5-4-6-8-14)13(2)22-19(18)15-9-11-16(21)12-10-15/h4-12,22H,3H2,1-2H3. The van der Waals surface area contributed by atoms with Crippen LogP contribution in [-0.2, 0) is 4.74 Å². The summed E-state index contributed by atoms with van der Waals surface area (Å²) < 4.78 is 5.30. The zero-order valence-electron chi connectivity index (χ0n) is 13.6. The summed E-state index contributed by atoms with van der Waals surface area (Å²) >= 11 is 5.98. The second kappa shape index (κ2) is 6.93. The van der Waals surface area contributed by atoms with Gasteiger partial charge in [-0.15, -0.1) is 0 Å². The number of rotatable bonds is 4. The summed E-state index contributed by atoms with van der Waals surface area (Å²) in [5.74, 6) is -0.328. The molecule has 0 saturated heterocycles. The van der Waals surface area contributed by atoms with Gasteiger partial charge in [-0.1, -0.05) is 54.1 Å². The van der Waals surface area contributed by atoms with Crippen molar-refractivity contribution in [2.75, 3.05) is 6.61 Å². The Kier molecular flexibility index (Phi) is 4.72. The lowest BCUT2D eigenvalue weighted by Crippen LogP contribution is -2.06. The van der Waals surface area contributed by atoms with E-state index in [0.717, 1.165) is 28.1 Å². The van der Waals surface area contributed by atoms with E-state index in [-0.39, 0.29) is 5.97 Å². The molecule has 0 atom stereocenters. The fourth-order valence-corrected chi connectivity index (χ4v) is 2.96. The van der Waals surface area contributed by atoms with Crippen LogP contribution in [0.5, 0.6) is 0 Å². The maximum atomic E-state index is 12.6. The molecular formula is C20H18ClNO2. The van der Waals surface area contributed by atoms with Crippen molar-refractivity contribution >= 4 is 17.6 Å².